The van der Waals surface area contributed by atoms with Crippen LogP contribution in [0.1, 0.15) is 30.5 Å². The fourth-order valence-corrected chi connectivity index (χ4v) is 5.46. The van der Waals surface area contributed by atoms with E-state index in [1.807, 2.05) is 0 Å². The van der Waals surface area contributed by atoms with Gasteiger partial charge in [0.1, 0.15) is 22.6 Å². The van der Waals surface area contributed by atoms with Crippen LogP contribution in [0.25, 0.3) is 11.1 Å². The monoisotopic (exact) mass is 755 g/mol. The number of halogens is 13. The van der Waals surface area contributed by atoms with Gasteiger partial charge in [-0.1, -0.05) is 49.6 Å². The first kappa shape index (κ1) is 38.3. The summed E-state index contributed by atoms with van der Waals surface area (Å²) in [6.07, 6.45) is -6.14. The summed E-state index contributed by atoms with van der Waals surface area (Å²) in [6.45, 7) is 8.88. The van der Waals surface area contributed by atoms with Gasteiger partial charge in [-0.05, 0) is 49.3 Å². The fourth-order valence-electron chi connectivity index (χ4n) is 5.46. The second kappa shape index (κ2) is 14.2. The Labute approximate surface area is 292 Å². The van der Waals surface area contributed by atoms with Gasteiger partial charge >= 0.3 is 6.18 Å². The van der Waals surface area contributed by atoms with Gasteiger partial charge in [0.05, 0.1) is 11.4 Å². The van der Waals surface area contributed by atoms with Crippen LogP contribution in [0.15, 0.2) is 73.8 Å². The maximum atomic E-state index is 16.7. The lowest BCUT2D eigenvalue weighted by Gasteiger charge is -2.31. The van der Waals surface area contributed by atoms with Gasteiger partial charge in [-0.25, -0.2) is 43.9 Å². The third kappa shape index (κ3) is 6.64. The molecule has 3 nitrogen and oxygen atoms in total. The van der Waals surface area contributed by atoms with Gasteiger partial charge in [-0.15, -0.1) is 0 Å². The van der Waals surface area contributed by atoms with Crippen LogP contribution in [0.2, 0.25) is 0 Å². The molecule has 0 radical (unpaired) electrons. The van der Waals surface area contributed by atoms with Crippen molar-refractivity contribution in [3.05, 3.63) is 149 Å². The van der Waals surface area contributed by atoms with E-state index >= 15 is 43.9 Å². The quantitative estimate of drug-likeness (QED) is 0.116. The lowest BCUT2D eigenvalue weighted by molar-refractivity contribution is -0.143. The van der Waals surface area contributed by atoms with Gasteiger partial charge in [0.15, 0.2) is 58.2 Å². The summed E-state index contributed by atoms with van der Waals surface area (Å²) < 4.78 is 201. The van der Waals surface area contributed by atoms with Crippen LogP contribution >= 0.6 is 0 Å². The van der Waals surface area contributed by atoms with Crippen molar-refractivity contribution in [1.82, 2.24) is 0 Å². The molecular weight excluding hydrogens is 733 g/mol. The molecule has 0 heterocycles. The van der Waals surface area contributed by atoms with Gasteiger partial charge in [0, 0.05) is 22.5 Å². The minimum absolute atomic E-state index is 0.00644. The Hall–Kier alpha value is -5.93. The molecule has 0 saturated heterocycles. The van der Waals surface area contributed by atoms with Crippen LogP contribution in [-0.2, 0) is 6.18 Å². The van der Waals surface area contributed by atoms with Gasteiger partial charge in [0.25, 0.3) is 0 Å². The van der Waals surface area contributed by atoms with E-state index in [1.165, 1.54) is 60.7 Å². The number of hydrogen-bond donors (Lipinski definition) is 2. The number of allylic oxidation sites excluding steroid dienone is 2. The smallest absolute Gasteiger partial charge is 0.352 e. The molecule has 276 valence electrons. The SMILES string of the molecule is C=C(C)c1c(F)c(N(c2c(F)c(F)c(C(F)(F)F)c(F)c2F)c2c(F)c(F)c(Nc3ccccc3)c(C(=C)C)c2F)c(F)c(F)c1Nc1ccccc1. The molecule has 0 spiro atoms. The van der Waals surface area contributed by atoms with Crippen molar-refractivity contribution in [2.75, 3.05) is 15.5 Å². The van der Waals surface area contributed by atoms with Crippen LogP contribution < -0.4 is 15.5 Å². The number of para-hydroxylation sites is 2. The average Bonchev–Trinajstić information content (AvgIpc) is 3.08. The van der Waals surface area contributed by atoms with Crippen LogP contribution in [0, 0.1) is 58.2 Å². The highest BCUT2D eigenvalue weighted by molar-refractivity contribution is 5.90. The molecule has 0 aromatic heterocycles. The first-order chi connectivity index (χ1) is 24.8. The topological polar surface area (TPSA) is 27.3 Å². The molecule has 0 saturated carbocycles. The number of hydrogen-bond acceptors (Lipinski definition) is 3. The zero-order valence-electron chi connectivity index (χ0n) is 27.0. The normalized spacial score (nSPS) is 11.5. The molecule has 0 unspecified atom stereocenters. The minimum atomic E-state index is -6.14. The molecule has 0 aliphatic heterocycles. The maximum Gasteiger partial charge on any atom is 0.422 e. The Morgan fingerprint density at radius 1 is 0.472 bits per heavy atom. The van der Waals surface area contributed by atoms with Crippen molar-refractivity contribution in [2.24, 2.45) is 0 Å². The third-order valence-corrected chi connectivity index (χ3v) is 7.73. The summed E-state index contributed by atoms with van der Waals surface area (Å²) in [7, 11) is 0. The lowest BCUT2D eigenvalue weighted by Crippen LogP contribution is -2.25. The highest BCUT2D eigenvalue weighted by Crippen LogP contribution is 2.51. The summed E-state index contributed by atoms with van der Waals surface area (Å²) >= 11 is 0. The van der Waals surface area contributed by atoms with Crippen molar-refractivity contribution in [1.29, 1.82) is 0 Å². The zero-order valence-corrected chi connectivity index (χ0v) is 27.0. The van der Waals surface area contributed by atoms with E-state index in [0.717, 1.165) is 13.8 Å². The zero-order chi connectivity index (χ0) is 39.3. The van der Waals surface area contributed by atoms with E-state index in [4.69, 9.17) is 0 Å². The predicted molar refractivity (Wildman–Crippen MR) is 175 cm³/mol. The van der Waals surface area contributed by atoms with Crippen LogP contribution in [0.3, 0.4) is 0 Å². The molecule has 5 rings (SSSR count). The molecule has 0 aliphatic carbocycles. The molecule has 0 atom stereocenters. The number of anilines is 7. The Bertz CT molecular complexity index is 2140. The predicted octanol–water partition coefficient (Wildman–Crippen LogP) is 13.1. The molecular formula is C37H22F13N3. The van der Waals surface area contributed by atoms with Crippen molar-refractivity contribution in [2.45, 2.75) is 20.0 Å². The molecule has 0 bridgehead atoms. The third-order valence-electron chi connectivity index (χ3n) is 7.73. The number of benzene rings is 5. The first-order valence-electron chi connectivity index (χ1n) is 14.9. The largest absolute Gasteiger partial charge is 0.422 e. The summed E-state index contributed by atoms with van der Waals surface area (Å²) in [5.41, 5.74) is -15.6. The van der Waals surface area contributed by atoms with Crippen LogP contribution in [0.4, 0.5) is 96.9 Å². The molecule has 5 aromatic rings. The average molecular weight is 756 g/mol. The number of nitrogens with one attached hydrogen (secondary N) is 2. The van der Waals surface area contributed by atoms with E-state index in [0.29, 0.717) is 0 Å². The van der Waals surface area contributed by atoms with Crippen molar-refractivity contribution in [3.8, 4) is 0 Å². The molecule has 16 heteroatoms. The number of nitrogens with zero attached hydrogens (tertiary/aromatic N) is 1. The summed E-state index contributed by atoms with van der Waals surface area (Å²) in [4.78, 5) is -0.962. The van der Waals surface area contributed by atoms with E-state index in [1.54, 1.807) is 0 Å². The number of alkyl halides is 3. The van der Waals surface area contributed by atoms with Crippen LogP contribution in [0.5, 0.6) is 0 Å². The Morgan fingerprint density at radius 2 is 0.774 bits per heavy atom. The Kier molecular flexibility index (Phi) is 10.3. The standard InChI is InChI=1S/C37H22F13N3/c1-15(2)19-22(38)34(30(46)26(42)32(19)51-17-11-7-5-8-12-17)53(36-28(44)24(40)21(37(48,49)50)25(41)29(36)45)35-23(39)20(16(3)4)33(27(43)31(35)47)52-18-13-9-6-10-14-18/h5-14,51-52H,1,3H2,2,4H3. The van der Waals surface area contributed by atoms with E-state index in [-0.39, 0.29) is 11.4 Å². The second-order valence-electron chi connectivity index (χ2n) is 11.4. The summed E-state index contributed by atoms with van der Waals surface area (Å²) in [5, 5.41) is 4.69. The summed E-state index contributed by atoms with van der Waals surface area (Å²) in [5.74, 6) is -26.4. The second-order valence-corrected chi connectivity index (χ2v) is 11.4. The van der Waals surface area contributed by atoms with Crippen molar-refractivity contribution in [3.63, 3.8) is 0 Å². The van der Waals surface area contributed by atoms with Gasteiger partial charge in [-0.3, -0.25) is 4.90 Å². The first-order valence-corrected chi connectivity index (χ1v) is 14.9. The van der Waals surface area contributed by atoms with E-state index in [2.05, 4.69) is 23.8 Å². The van der Waals surface area contributed by atoms with Crippen molar-refractivity contribution >= 4 is 51.0 Å². The fraction of sp³-hybridized carbons (Fsp3) is 0.0811. The molecule has 0 fully saturated rings. The molecule has 0 aliphatic rings. The Morgan fingerprint density at radius 3 is 1.08 bits per heavy atom. The van der Waals surface area contributed by atoms with Crippen molar-refractivity contribution < 1.29 is 57.1 Å². The number of rotatable bonds is 9. The Balaban J connectivity index is 1.99. The highest BCUT2D eigenvalue weighted by Gasteiger charge is 2.46. The van der Waals surface area contributed by atoms with Gasteiger partial charge in [0.2, 0.25) is 0 Å². The lowest BCUT2D eigenvalue weighted by atomic mass is 9.99. The molecule has 53 heavy (non-hydrogen) atoms. The molecule has 0 amide bonds. The van der Waals surface area contributed by atoms with Crippen LogP contribution in [-0.4, -0.2) is 0 Å². The highest BCUT2D eigenvalue weighted by atomic mass is 19.4. The minimum Gasteiger partial charge on any atom is -0.352 e. The van der Waals surface area contributed by atoms with Gasteiger partial charge in [-0.2, -0.15) is 13.2 Å². The summed E-state index contributed by atoms with van der Waals surface area (Å²) in [6, 6.07) is 13.9. The maximum absolute atomic E-state index is 16.7. The molecule has 5 aromatic carbocycles. The van der Waals surface area contributed by atoms with E-state index in [9.17, 15) is 13.2 Å². The molecule has 2 N–H and O–H groups in total. The van der Waals surface area contributed by atoms with E-state index < -0.39 is 126 Å². The van der Waals surface area contributed by atoms with Gasteiger partial charge < -0.3 is 10.6 Å².